The number of ether oxygens (including phenoxy) is 2. The van der Waals surface area contributed by atoms with Crippen molar-refractivity contribution in [2.24, 2.45) is 5.92 Å². The van der Waals surface area contributed by atoms with E-state index in [2.05, 4.69) is 5.32 Å². The van der Waals surface area contributed by atoms with Crippen LogP contribution in [0.3, 0.4) is 0 Å². The molecule has 0 unspecified atom stereocenters. The van der Waals surface area contributed by atoms with Crippen molar-refractivity contribution in [1.29, 1.82) is 0 Å². The van der Waals surface area contributed by atoms with E-state index in [1.165, 1.54) is 12.1 Å². The maximum atomic E-state index is 13.9. The Morgan fingerprint density at radius 2 is 1.35 bits per heavy atom. The summed E-state index contributed by atoms with van der Waals surface area (Å²) in [6.45, 7) is 8.21. The number of carbonyl (C=O) groups excluding carboxylic acids is 1. The SMILES string of the molecule is C[C@H](CCCNC(=O)OC(C)(C)C)COc1cc(-c2ccc(F)c(F)c2)cc(-c2ccc(F)c(F)c2)c1. The fourth-order valence-electron chi connectivity index (χ4n) is 3.64. The number of hydrogen-bond donors (Lipinski definition) is 1. The van der Waals surface area contributed by atoms with E-state index in [0.29, 0.717) is 41.2 Å². The number of benzene rings is 3. The van der Waals surface area contributed by atoms with Gasteiger partial charge in [-0.3, -0.25) is 0 Å². The maximum Gasteiger partial charge on any atom is 0.407 e. The van der Waals surface area contributed by atoms with Crippen LogP contribution in [0.25, 0.3) is 22.3 Å². The lowest BCUT2D eigenvalue weighted by atomic mass is 9.98. The molecule has 1 amide bonds. The molecule has 198 valence electrons. The van der Waals surface area contributed by atoms with E-state index in [4.69, 9.17) is 9.47 Å². The van der Waals surface area contributed by atoms with Crippen LogP contribution in [0.15, 0.2) is 54.6 Å². The molecule has 0 bridgehead atoms. The van der Waals surface area contributed by atoms with Gasteiger partial charge in [-0.25, -0.2) is 22.4 Å². The van der Waals surface area contributed by atoms with E-state index >= 15 is 0 Å². The monoisotopic (exact) mass is 517 g/mol. The lowest BCUT2D eigenvalue weighted by Gasteiger charge is -2.20. The summed E-state index contributed by atoms with van der Waals surface area (Å²) in [5.41, 5.74) is 1.33. The van der Waals surface area contributed by atoms with E-state index in [-0.39, 0.29) is 5.92 Å². The highest BCUT2D eigenvalue weighted by Crippen LogP contribution is 2.33. The van der Waals surface area contributed by atoms with Gasteiger partial charge < -0.3 is 14.8 Å². The molecule has 0 spiro atoms. The third-order valence-corrected chi connectivity index (χ3v) is 5.49. The molecule has 0 aliphatic heterocycles. The van der Waals surface area contributed by atoms with Crippen molar-refractivity contribution >= 4 is 6.09 Å². The Labute approximate surface area is 214 Å². The summed E-state index contributed by atoms with van der Waals surface area (Å²) in [5.74, 6) is -3.34. The summed E-state index contributed by atoms with van der Waals surface area (Å²) in [6.07, 6.45) is 1.03. The van der Waals surface area contributed by atoms with Gasteiger partial charge >= 0.3 is 6.09 Å². The van der Waals surface area contributed by atoms with Crippen LogP contribution >= 0.6 is 0 Å². The molecule has 0 aromatic heterocycles. The zero-order valence-electron chi connectivity index (χ0n) is 21.3. The smallest absolute Gasteiger partial charge is 0.407 e. The Morgan fingerprint density at radius 1 is 0.811 bits per heavy atom. The van der Waals surface area contributed by atoms with E-state index in [0.717, 1.165) is 37.1 Å². The molecule has 0 radical (unpaired) electrons. The van der Waals surface area contributed by atoms with Crippen molar-refractivity contribution in [2.75, 3.05) is 13.2 Å². The molecule has 0 saturated carbocycles. The molecule has 8 heteroatoms. The average molecular weight is 518 g/mol. The lowest BCUT2D eigenvalue weighted by Crippen LogP contribution is -2.33. The first-order chi connectivity index (χ1) is 17.4. The van der Waals surface area contributed by atoms with E-state index in [9.17, 15) is 22.4 Å². The number of nitrogens with one attached hydrogen (secondary N) is 1. The summed E-state index contributed by atoms with van der Waals surface area (Å²) in [6, 6.07) is 12.1. The minimum Gasteiger partial charge on any atom is -0.493 e. The van der Waals surface area contributed by atoms with Gasteiger partial charge in [-0.15, -0.1) is 0 Å². The van der Waals surface area contributed by atoms with E-state index < -0.39 is 35.0 Å². The predicted molar refractivity (Wildman–Crippen MR) is 135 cm³/mol. The normalized spacial score (nSPS) is 12.2. The summed E-state index contributed by atoms with van der Waals surface area (Å²) in [7, 11) is 0. The van der Waals surface area contributed by atoms with Crippen molar-refractivity contribution in [3.63, 3.8) is 0 Å². The maximum absolute atomic E-state index is 13.9. The molecule has 1 atom stereocenters. The molecule has 0 aliphatic rings. The van der Waals surface area contributed by atoms with Gasteiger partial charge in [0.05, 0.1) is 6.61 Å². The highest BCUT2D eigenvalue weighted by atomic mass is 19.2. The van der Waals surface area contributed by atoms with Crippen LogP contribution in [0.5, 0.6) is 5.75 Å². The van der Waals surface area contributed by atoms with Crippen molar-refractivity contribution in [1.82, 2.24) is 5.32 Å². The fourth-order valence-corrected chi connectivity index (χ4v) is 3.64. The number of amides is 1. The van der Waals surface area contributed by atoms with Gasteiger partial charge in [0.2, 0.25) is 0 Å². The first-order valence-electron chi connectivity index (χ1n) is 12.1. The highest BCUT2D eigenvalue weighted by Gasteiger charge is 2.16. The van der Waals surface area contributed by atoms with Gasteiger partial charge in [-0.05, 0) is 104 Å². The first-order valence-corrected chi connectivity index (χ1v) is 12.1. The first kappa shape index (κ1) is 28.0. The van der Waals surface area contributed by atoms with Crippen LogP contribution in [0.4, 0.5) is 22.4 Å². The summed E-state index contributed by atoms with van der Waals surface area (Å²) in [4.78, 5) is 11.7. The Morgan fingerprint density at radius 3 is 1.84 bits per heavy atom. The number of carbonyl (C=O) groups is 1. The Bertz CT molecular complexity index is 1170. The molecule has 0 fully saturated rings. The van der Waals surface area contributed by atoms with Gasteiger partial charge in [-0.1, -0.05) is 19.1 Å². The topological polar surface area (TPSA) is 47.6 Å². The number of alkyl carbamates (subject to hydrolysis) is 1. The van der Waals surface area contributed by atoms with E-state index in [1.807, 2.05) is 6.92 Å². The average Bonchev–Trinajstić information content (AvgIpc) is 2.82. The second-order valence-corrected chi connectivity index (χ2v) is 9.99. The molecule has 3 rings (SSSR count). The van der Waals surface area contributed by atoms with Crippen molar-refractivity contribution < 1.29 is 31.8 Å². The predicted octanol–water partition coefficient (Wildman–Crippen LogP) is 7.90. The van der Waals surface area contributed by atoms with E-state index in [1.54, 1.807) is 39.0 Å². The lowest BCUT2D eigenvalue weighted by molar-refractivity contribution is 0.0526. The van der Waals surface area contributed by atoms with Crippen LogP contribution < -0.4 is 10.1 Å². The number of halogens is 4. The quantitative estimate of drug-likeness (QED) is 0.232. The highest BCUT2D eigenvalue weighted by molar-refractivity contribution is 5.75. The molecule has 37 heavy (non-hydrogen) atoms. The zero-order chi connectivity index (χ0) is 27.2. The Kier molecular flexibility index (Phi) is 9.18. The molecule has 1 N–H and O–H groups in total. The second kappa shape index (κ2) is 12.1. The molecule has 3 aromatic rings. The molecule has 0 aliphatic carbocycles. The van der Waals surface area contributed by atoms with Crippen LogP contribution in [0, 0.1) is 29.2 Å². The fraction of sp³-hybridized carbons (Fsp3) is 0.345. The van der Waals surface area contributed by atoms with Crippen LogP contribution in [0.2, 0.25) is 0 Å². The Hall–Kier alpha value is -3.55. The second-order valence-electron chi connectivity index (χ2n) is 9.99. The molecule has 0 saturated heterocycles. The third kappa shape index (κ3) is 8.51. The number of rotatable bonds is 9. The molecular formula is C29H31F4NO3. The molecule has 4 nitrogen and oxygen atoms in total. The van der Waals surface area contributed by atoms with Gasteiger partial charge in [0.1, 0.15) is 11.4 Å². The van der Waals surface area contributed by atoms with Crippen LogP contribution in [-0.4, -0.2) is 24.8 Å². The van der Waals surface area contributed by atoms with Gasteiger partial charge in [0, 0.05) is 6.54 Å². The summed E-state index contributed by atoms with van der Waals surface area (Å²) in [5, 5.41) is 2.72. The summed E-state index contributed by atoms with van der Waals surface area (Å²) < 4.78 is 65.9. The van der Waals surface area contributed by atoms with Crippen molar-refractivity contribution in [3.8, 4) is 28.0 Å². The van der Waals surface area contributed by atoms with Gasteiger partial charge in [0.15, 0.2) is 23.3 Å². The van der Waals surface area contributed by atoms with Crippen molar-refractivity contribution in [3.05, 3.63) is 77.9 Å². The van der Waals surface area contributed by atoms with Gasteiger partial charge in [0.25, 0.3) is 0 Å². The minimum absolute atomic E-state index is 0.138. The minimum atomic E-state index is -0.994. The molecule has 0 heterocycles. The number of hydrogen-bond acceptors (Lipinski definition) is 3. The zero-order valence-corrected chi connectivity index (χ0v) is 21.3. The molecular weight excluding hydrogens is 486 g/mol. The van der Waals surface area contributed by atoms with Crippen molar-refractivity contribution in [2.45, 2.75) is 46.1 Å². The summed E-state index contributed by atoms with van der Waals surface area (Å²) >= 11 is 0. The molecule has 3 aromatic carbocycles. The largest absolute Gasteiger partial charge is 0.493 e. The third-order valence-electron chi connectivity index (χ3n) is 5.49. The van der Waals surface area contributed by atoms with Crippen LogP contribution in [-0.2, 0) is 4.74 Å². The van der Waals surface area contributed by atoms with Crippen LogP contribution in [0.1, 0.15) is 40.5 Å². The van der Waals surface area contributed by atoms with Gasteiger partial charge in [-0.2, -0.15) is 0 Å². The Balaban J connectivity index is 1.71. The standard InChI is InChI=1S/C29H31F4NO3/c1-18(6-5-11-34-28(35)37-29(2,3)4)17-36-23-13-21(19-7-9-24(30)26(32)15-19)12-22(14-23)20-8-10-25(31)27(33)16-20/h7-10,12-16,18H,5-6,11,17H2,1-4H3,(H,34,35)/t18-/m1/s1.